The summed E-state index contributed by atoms with van der Waals surface area (Å²) in [5.74, 6) is 3.83. The van der Waals surface area contributed by atoms with Gasteiger partial charge in [-0.2, -0.15) is 11.8 Å². The van der Waals surface area contributed by atoms with Gasteiger partial charge in [0.05, 0.1) is 0 Å². The fourth-order valence-corrected chi connectivity index (χ4v) is 4.20. The zero-order valence-electron chi connectivity index (χ0n) is 11.9. The fourth-order valence-electron chi connectivity index (χ4n) is 2.99. The second kappa shape index (κ2) is 6.53. The highest BCUT2D eigenvalue weighted by Crippen LogP contribution is 2.25. The summed E-state index contributed by atoms with van der Waals surface area (Å²) in [6.45, 7) is 0.865. The molecule has 1 aromatic rings. The van der Waals surface area contributed by atoms with Gasteiger partial charge in [-0.25, -0.2) is 0 Å². The average Bonchev–Trinajstić information content (AvgIpc) is 2.94. The molecule has 0 aromatic heterocycles. The van der Waals surface area contributed by atoms with E-state index in [2.05, 4.69) is 40.3 Å². The zero-order chi connectivity index (χ0) is 13.8. The maximum Gasteiger partial charge on any atom is 0.193 e. The summed E-state index contributed by atoms with van der Waals surface area (Å²) in [5.41, 5.74) is 10.0. The lowest BCUT2D eigenvalue weighted by molar-refractivity contribution is 0.503. The number of guanidine groups is 1. The highest BCUT2D eigenvalue weighted by Gasteiger charge is 2.13. The molecule has 3 rings (SSSR count). The smallest absolute Gasteiger partial charge is 0.193 e. The SMILES string of the molecule is NC(=NCC1CCSCC1)Nc1ccc2c(c1)CCC2. The van der Waals surface area contributed by atoms with E-state index in [1.54, 1.807) is 0 Å². The molecule has 0 amide bonds. The van der Waals surface area contributed by atoms with Crippen molar-refractivity contribution in [1.29, 1.82) is 0 Å². The second-order valence-corrected chi connectivity index (χ2v) is 6.97. The molecule has 0 atom stereocenters. The van der Waals surface area contributed by atoms with Crippen LogP contribution in [-0.4, -0.2) is 24.0 Å². The number of nitrogens with two attached hydrogens (primary N) is 1. The van der Waals surface area contributed by atoms with Crippen LogP contribution in [0.25, 0.3) is 0 Å². The Kier molecular flexibility index (Phi) is 4.51. The highest BCUT2D eigenvalue weighted by atomic mass is 32.2. The third-order valence-electron chi connectivity index (χ3n) is 4.23. The van der Waals surface area contributed by atoms with E-state index in [4.69, 9.17) is 5.73 Å². The van der Waals surface area contributed by atoms with Crippen molar-refractivity contribution < 1.29 is 0 Å². The summed E-state index contributed by atoms with van der Waals surface area (Å²) in [7, 11) is 0. The van der Waals surface area contributed by atoms with Gasteiger partial charge in [0.2, 0.25) is 0 Å². The Labute approximate surface area is 125 Å². The summed E-state index contributed by atoms with van der Waals surface area (Å²) in [6.07, 6.45) is 6.25. The van der Waals surface area contributed by atoms with Crippen LogP contribution < -0.4 is 11.1 Å². The lowest BCUT2D eigenvalue weighted by Crippen LogP contribution is -2.24. The molecule has 2 aliphatic rings. The van der Waals surface area contributed by atoms with Crippen LogP contribution in [-0.2, 0) is 12.8 Å². The van der Waals surface area contributed by atoms with Gasteiger partial charge < -0.3 is 11.1 Å². The van der Waals surface area contributed by atoms with Gasteiger partial charge in [-0.05, 0) is 72.8 Å². The largest absolute Gasteiger partial charge is 0.370 e. The first-order valence-corrected chi connectivity index (χ1v) is 8.73. The molecular formula is C16H23N3S. The van der Waals surface area contributed by atoms with Gasteiger partial charge in [0, 0.05) is 12.2 Å². The maximum absolute atomic E-state index is 6.00. The van der Waals surface area contributed by atoms with Crippen molar-refractivity contribution in [1.82, 2.24) is 0 Å². The van der Waals surface area contributed by atoms with Gasteiger partial charge in [-0.1, -0.05) is 6.07 Å². The van der Waals surface area contributed by atoms with Crippen molar-refractivity contribution in [3.63, 3.8) is 0 Å². The minimum atomic E-state index is 0.557. The first kappa shape index (κ1) is 13.8. The standard InChI is InChI=1S/C16H23N3S/c17-16(18-11-12-6-8-20-9-7-12)19-15-5-4-13-2-1-3-14(13)10-15/h4-5,10,12H,1-3,6-9,11H2,(H3,17,18,19). The topological polar surface area (TPSA) is 50.4 Å². The number of hydrogen-bond acceptors (Lipinski definition) is 2. The number of hydrogen-bond donors (Lipinski definition) is 2. The molecule has 1 aliphatic carbocycles. The minimum Gasteiger partial charge on any atom is -0.370 e. The Morgan fingerprint density at radius 2 is 2.05 bits per heavy atom. The molecular weight excluding hydrogens is 266 g/mol. The summed E-state index contributed by atoms with van der Waals surface area (Å²) < 4.78 is 0. The van der Waals surface area contributed by atoms with Gasteiger partial charge in [-0.3, -0.25) is 4.99 Å². The van der Waals surface area contributed by atoms with Crippen LogP contribution in [0.5, 0.6) is 0 Å². The van der Waals surface area contributed by atoms with E-state index in [1.165, 1.54) is 54.7 Å². The van der Waals surface area contributed by atoms with E-state index in [9.17, 15) is 0 Å². The third-order valence-corrected chi connectivity index (χ3v) is 5.28. The first-order valence-electron chi connectivity index (χ1n) is 7.58. The Morgan fingerprint density at radius 1 is 1.25 bits per heavy atom. The Hall–Kier alpha value is -1.16. The molecule has 3 nitrogen and oxygen atoms in total. The highest BCUT2D eigenvalue weighted by molar-refractivity contribution is 7.99. The molecule has 1 aliphatic heterocycles. The Morgan fingerprint density at radius 3 is 2.90 bits per heavy atom. The predicted molar refractivity (Wildman–Crippen MR) is 88.6 cm³/mol. The van der Waals surface area contributed by atoms with E-state index in [-0.39, 0.29) is 0 Å². The molecule has 1 saturated heterocycles. The van der Waals surface area contributed by atoms with Crippen LogP contribution in [0.1, 0.15) is 30.4 Å². The monoisotopic (exact) mass is 289 g/mol. The van der Waals surface area contributed by atoms with Crippen LogP contribution in [0.3, 0.4) is 0 Å². The van der Waals surface area contributed by atoms with Crippen molar-refractivity contribution in [2.24, 2.45) is 16.6 Å². The van der Waals surface area contributed by atoms with E-state index in [0.29, 0.717) is 5.96 Å². The predicted octanol–water partition coefficient (Wildman–Crippen LogP) is 3.05. The summed E-state index contributed by atoms with van der Waals surface area (Å²) in [5, 5.41) is 3.23. The number of nitrogens with zero attached hydrogens (tertiary/aromatic N) is 1. The van der Waals surface area contributed by atoms with Crippen LogP contribution in [0.2, 0.25) is 0 Å². The quantitative estimate of drug-likeness (QED) is 0.664. The summed E-state index contributed by atoms with van der Waals surface area (Å²) in [4.78, 5) is 4.51. The maximum atomic E-state index is 6.00. The van der Waals surface area contributed by atoms with Crippen molar-refractivity contribution >= 4 is 23.4 Å². The number of anilines is 1. The van der Waals surface area contributed by atoms with Gasteiger partial charge in [0.15, 0.2) is 5.96 Å². The second-order valence-electron chi connectivity index (χ2n) is 5.74. The van der Waals surface area contributed by atoms with Crippen LogP contribution >= 0.6 is 11.8 Å². The van der Waals surface area contributed by atoms with E-state index < -0.39 is 0 Å². The van der Waals surface area contributed by atoms with Crippen LogP contribution in [0.4, 0.5) is 5.69 Å². The van der Waals surface area contributed by atoms with Crippen LogP contribution in [0, 0.1) is 5.92 Å². The summed E-state index contributed by atoms with van der Waals surface area (Å²) in [6, 6.07) is 6.56. The number of aliphatic imine (C=N–C) groups is 1. The molecule has 0 unspecified atom stereocenters. The van der Waals surface area contributed by atoms with Gasteiger partial charge in [-0.15, -0.1) is 0 Å². The molecule has 108 valence electrons. The molecule has 0 bridgehead atoms. The van der Waals surface area contributed by atoms with E-state index >= 15 is 0 Å². The van der Waals surface area contributed by atoms with Crippen LogP contribution in [0.15, 0.2) is 23.2 Å². The van der Waals surface area contributed by atoms with Gasteiger partial charge in [0.25, 0.3) is 0 Å². The summed E-state index contributed by atoms with van der Waals surface area (Å²) >= 11 is 2.05. The van der Waals surface area contributed by atoms with E-state index in [1.807, 2.05) is 0 Å². The van der Waals surface area contributed by atoms with Crippen molar-refractivity contribution in [2.75, 3.05) is 23.4 Å². The van der Waals surface area contributed by atoms with E-state index in [0.717, 1.165) is 18.2 Å². The fraction of sp³-hybridized carbons (Fsp3) is 0.562. The van der Waals surface area contributed by atoms with Crippen molar-refractivity contribution in [2.45, 2.75) is 32.1 Å². The molecule has 1 heterocycles. The van der Waals surface area contributed by atoms with Crippen molar-refractivity contribution in [3.05, 3.63) is 29.3 Å². The lowest BCUT2D eigenvalue weighted by atomic mass is 10.0. The molecule has 3 N–H and O–H groups in total. The lowest BCUT2D eigenvalue weighted by Gasteiger charge is -2.19. The number of benzene rings is 1. The molecule has 0 spiro atoms. The number of nitrogens with one attached hydrogen (secondary N) is 1. The van der Waals surface area contributed by atoms with Gasteiger partial charge >= 0.3 is 0 Å². The van der Waals surface area contributed by atoms with Crippen molar-refractivity contribution in [3.8, 4) is 0 Å². The molecule has 1 aromatic carbocycles. The average molecular weight is 289 g/mol. The Bertz CT molecular complexity index is 492. The normalized spacial score (nSPS) is 19.9. The molecule has 4 heteroatoms. The minimum absolute atomic E-state index is 0.557. The number of rotatable bonds is 3. The Balaban J connectivity index is 1.56. The molecule has 20 heavy (non-hydrogen) atoms. The molecule has 0 radical (unpaired) electrons. The first-order chi connectivity index (χ1) is 9.81. The molecule has 1 fully saturated rings. The molecule has 0 saturated carbocycles. The van der Waals surface area contributed by atoms with Gasteiger partial charge in [0.1, 0.15) is 0 Å². The zero-order valence-corrected chi connectivity index (χ0v) is 12.7. The number of fused-ring (bicyclic) bond motifs is 1. The third kappa shape index (κ3) is 3.48. The number of aryl methyl sites for hydroxylation is 2. The number of thioether (sulfide) groups is 1.